The molecule has 148 valence electrons. The maximum atomic E-state index is 12.3. The molecule has 0 saturated carbocycles. The molecule has 1 aromatic rings. The quantitative estimate of drug-likeness (QED) is 0.620. The molecule has 26 heavy (non-hydrogen) atoms. The maximum Gasteiger partial charge on any atom is 0.237 e. The van der Waals surface area contributed by atoms with Crippen LogP contribution in [-0.4, -0.2) is 71.4 Å². The minimum absolute atomic E-state index is 0. The second-order valence-electron chi connectivity index (χ2n) is 6.68. The van der Waals surface area contributed by atoms with Gasteiger partial charge in [-0.1, -0.05) is 0 Å². The van der Waals surface area contributed by atoms with E-state index in [0.717, 1.165) is 25.1 Å². The number of hydrogen-bond donors (Lipinski definition) is 3. The van der Waals surface area contributed by atoms with Gasteiger partial charge in [-0.25, -0.2) is 0 Å². The van der Waals surface area contributed by atoms with Crippen molar-refractivity contribution in [2.24, 2.45) is 5.73 Å². The van der Waals surface area contributed by atoms with Crippen LogP contribution in [0.15, 0.2) is 24.5 Å². The molecule has 4 N–H and O–H groups in total. The Morgan fingerprint density at radius 3 is 2.81 bits per heavy atom. The number of rotatable bonds is 6. The predicted molar refractivity (Wildman–Crippen MR) is 104 cm³/mol. The van der Waals surface area contributed by atoms with E-state index in [-0.39, 0.29) is 49.5 Å². The van der Waals surface area contributed by atoms with E-state index >= 15 is 0 Å². The lowest BCUT2D eigenvalue weighted by molar-refractivity contribution is -0.123. The Morgan fingerprint density at radius 2 is 2.12 bits per heavy atom. The van der Waals surface area contributed by atoms with E-state index in [1.54, 1.807) is 12.4 Å². The highest BCUT2D eigenvalue weighted by Gasteiger charge is 2.38. The van der Waals surface area contributed by atoms with Gasteiger partial charge in [-0.15, -0.1) is 24.8 Å². The zero-order chi connectivity index (χ0) is 16.9. The zero-order valence-electron chi connectivity index (χ0n) is 14.6. The van der Waals surface area contributed by atoms with E-state index in [4.69, 9.17) is 15.6 Å². The highest BCUT2D eigenvalue weighted by atomic mass is 35.5. The highest BCUT2D eigenvalue weighted by Crippen LogP contribution is 2.24. The Hall–Kier alpha value is -0.960. The Balaban J connectivity index is 0.00000169. The first-order chi connectivity index (χ1) is 11.7. The predicted octanol–water partition coefficient (Wildman–Crippen LogP) is 0.135. The van der Waals surface area contributed by atoms with Crippen molar-refractivity contribution < 1.29 is 14.6 Å². The molecule has 4 atom stereocenters. The SMILES string of the molecule is Cl.Cl.N[C@H](Cc1ccncc1)C(=O)N[C@@H]1C[C@H]2CO[C@@H](CCO)CN2C1. The molecule has 2 aliphatic rings. The van der Waals surface area contributed by atoms with E-state index in [2.05, 4.69) is 15.2 Å². The summed E-state index contributed by atoms with van der Waals surface area (Å²) >= 11 is 0. The van der Waals surface area contributed by atoms with Crippen molar-refractivity contribution in [1.82, 2.24) is 15.2 Å². The molecule has 2 saturated heterocycles. The smallest absolute Gasteiger partial charge is 0.237 e. The van der Waals surface area contributed by atoms with Gasteiger partial charge in [0, 0.05) is 44.2 Å². The van der Waals surface area contributed by atoms with Crippen LogP contribution < -0.4 is 11.1 Å². The number of carbonyl (C=O) groups is 1. The maximum absolute atomic E-state index is 12.3. The molecule has 0 radical (unpaired) electrons. The van der Waals surface area contributed by atoms with Gasteiger partial charge in [0.15, 0.2) is 0 Å². The molecule has 0 unspecified atom stereocenters. The number of nitrogens with one attached hydrogen (secondary N) is 1. The molecule has 0 spiro atoms. The largest absolute Gasteiger partial charge is 0.396 e. The summed E-state index contributed by atoms with van der Waals surface area (Å²) < 4.78 is 5.77. The number of carbonyl (C=O) groups excluding carboxylic acids is 1. The summed E-state index contributed by atoms with van der Waals surface area (Å²) in [6.07, 6.45) is 5.57. The Morgan fingerprint density at radius 1 is 1.38 bits per heavy atom. The average Bonchev–Trinajstić information content (AvgIpc) is 2.97. The van der Waals surface area contributed by atoms with Crippen LogP contribution in [0.3, 0.4) is 0 Å². The molecule has 2 aliphatic heterocycles. The number of nitrogens with zero attached hydrogens (tertiary/aromatic N) is 2. The van der Waals surface area contributed by atoms with E-state index in [1.165, 1.54) is 0 Å². The van der Waals surface area contributed by atoms with Gasteiger partial charge in [0.2, 0.25) is 5.91 Å². The van der Waals surface area contributed by atoms with Crippen molar-refractivity contribution in [1.29, 1.82) is 0 Å². The van der Waals surface area contributed by atoms with Crippen LogP contribution >= 0.6 is 24.8 Å². The van der Waals surface area contributed by atoms with Crippen molar-refractivity contribution >= 4 is 30.7 Å². The van der Waals surface area contributed by atoms with Gasteiger partial charge < -0.3 is 20.9 Å². The number of aliphatic hydroxyl groups excluding tert-OH is 1. The van der Waals surface area contributed by atoms with E-state index in [1.807, 2.05) is 12.1 Å². The fourth-order valence-electron chi connectivity index (χ4n) is 3.54. The van der Waals surface area contributed by atoms with Crippen molar-refractivity contribution in [3.8, 4) is 0 Å². The number of hydrogen-bond acceptors (Lipinski definition) is 6. The van der Waals surface area contributed by atoms with E-state index in [9.17, 15) is 4.79 Å². The van der Waals surface area contributed by atoms with Gasteiger partial charge in [-0.3, -0.25) is 14.7 Å². The summed E-state index contributed by atoms with van der Waals surface area (Å²) in [5.74, 6) is -0.107. The zero-order valence-corrected chi connectivity index (χ0v) is 16.3. The minimum atomic E-state index is -0.552. The molecule has 2 fully saturated rings. The number of nitrogens with two attached hydrogens (primary N) is 1. The molecule has 3 rings (SSSR count). The molecule has 0 aromatic carbocycles. The fourth-order valence-corrected chi connectivity index (χ4v) is 3.54. The topological polar surface area (TPSA) is 101 Å². The standard InChI is InChI=1S/C17H26N4O3.2ClH/c18-16(7-12-1-4-19-5-2-12)17(23)20-13-8-14-11-24-15(3-6-22)10-21(14)9-13;;/h1-2,4-5,13-16,22H,3,6-11,18H2,(H,20,23);2*1H/t13-,14+,15+,16-;;/m1../s1. The van der Waals surface area contributed by atoms with Gasteiger partial charge in [0.05, 0.1) is 18.8 Å². The number of ether oxygens (including phenoxy) is 1. The third-order valence-corrected chi connectivity index (χ3v) is 4.83. The van der Waals surface area contributed by atoms with Crippen molar-refractivity contribution in [3.05, 3.63) is 30.1 Å². The third-order valence-electron chi connectivity index (χ3n) is 4.83. The van der Waals surface area contributed by atoms with Gasteiger partial charge >= 0.3 is 0 Å². The van der Waals surface area contributed by atoms with Crippen molar-refractivity contribution in [2.75, 3.05) is 26.3 Å². The summed E-state index contributed by atoms with van der Waals surface area (Å²) in [7, 11) is 0. The summed E-state index contributed by atoms with van der Waals surface area (Å²) in [5, 5.41) is 12.1. The molecule has 9 heteroatoms. The number of pyridine rings is 1. The van der Waals surface area contributed by atoms with Crippen LogP contribution in [0.1, 0.15) is 18.4 Å². The van der Waals surface area contributed by atoms with Crippen molar-refractivity contribution in [3.63, 3.8) is 0 Å². The fraction of sp³-hybridized carbons (Fsp3) is 0.647. The molecule has 3 heterocycles. The van der Waals surface area contributed by atoms with Crippen LogP contribution in [0.5, 0.6) is 0 Å². The third kappa shape index (κ3) is 6.04. The molecular formula is C17H28Cl2N4O3. The number of halogens is 2. The second kappa shape index (κ2) is 11.0. The summed E-state index contributed by atoms with van der Waals surface area (Å²) in [6, 6.07) is 3.66. The molecule has 1 amide bonds. The highest BCUT2D eigenvalue weighted by molar-refractivity contribution is 5.85. The first-order valence-electron chi connectivity index (χ1n) is 8.57. The Labute approximate surface area is 166 Å². The van der Waals surface area contributed by atoms with Gasteiger partial charge in [-0.05, 0) is 37.0 Å². The van der Waals surface area contributed by atoms with Crippen LogP contribution in [0.2, 0.25) is 0 Å². The van der Waals surface area contributed by atoms with E-state index < -0.39 is 6.04 Å². The molecule has 0 aliphatic carbocycles. The van der Waals surface area contributed by atoms with Crippen LogP contribution in [0.4, 0.5) is 0 Å². The van der Waals surface area contributed by atoms with Crippen LogP contribution in [0.25, 0.3) is 0 Å². The first-order valence-corrected chi connectivity index (χ1v) is 8.57. The lowest BCUT2D eigenvalue weighted by atomic mass is 10.1. The number of amides is 1. The Kier molecular flexibility index (Phi) is 9.78. The normalized spacial score (nSPS) is 26.2. The first kappa shape index (κ1) is 23.1. The number of aliphatic hydroxyl groups is 1. The summed E-state index contributed by atoms with van der Waals surface area (Å²) in [4.78, 5) is 18.7. The monoisotopic (exact) mass is 406 g/mol. The van der Waals surface area contributed by atoms with Gasteiger partial charge in [0.25, 0.3) is 0 Å². The molecule has 0 bridgehead atoms. The lowest BCUT2D eigenvalue weighted by Crippen LogP contribution is -2.48. The number of aromatic nitrogens is 1. The van der Waals surface area contributed by atoms with Gasteiger partial charge in [0.1, 0.15) is 0 Å². The molecule has 1 aromatic heterocycles. The number of morpholine rings is 1. The Bertz CT molecular complexity index is 552. The van der Waals surface area contributed by atoms with Crippen molar-refractivity contribution in [2.45, 2.75) is 43.5 Å². The summed E-state index contributed by atoms with van der Waals surface area (Å²) in [5.41, 5.74) is 7.05. The molecular weight excluding hydrogens is 379 g/mol. The van der Waals surface area contributed by atoms with E-state index in [0.29, 0.717) is 25.5 Å². The van der Waals surface area contributed by atoms with Crippen LogP contribution in [-0.2, 0) is 16.0 Å². The lowest BCUT2D eigenvalue weighted by Gasteiger charge is -2.34. The van der Waals surface area contributed by atoms with Crippen LogP contribution in [0, 0.1) is 0 Å². The average molecular weight is 407 g/mol. The minimum Gasteiger partial charge on any atom is -0.396 e. The summed E-state index contributed by atoms with van der Waals surface area (Å²) in [6.45, 7) is 2.46. The second-order valence-corrected chi connectivity index (χ2v) is 6.68. The number of fused-ring (bicyclic) bond motifs is 1. The van der Waals surface area contributed by atoms with Gasteiger partial charge in [-0.2, -0.15) is 0 Å². The molecule has 7 nitrogen and oxygen atoms in total.